The first-order chi connectivity index (χ1) is 12.4. The van der Waals surface area contributed by atoms with Gasteiger partial charge in [-0.15, -0.1) is 0 Å². The molecule has 0 aliphatic carbocycles. The number of rotatable bonds is 4. The van der Waals surface area contributed by atoms with Crippen molar-refractivity contribution < 1.29 is 22.7 Å². The average molecular weight is 484 g/mol. The van der Waals surface area contributed by atoms with Crippen molar-refractivity contribution in [3.05, 3.63) is 21.6 Å². The Morgan fingerprint density at radius 2 is 1.89 bits per heavy atom. The lowest BCUT2D eigenvalue weighted by Crippen LogP contribution is -2.47. The second kappa shape index (κ2) is 8.55. The molecule has 2 rings (SSSR count). The molecule has 1 N–H and O–H groups in total. The minimum absolute atomic E-state index is 0.0166. The number of halogens is 2. The molecule has 1 saturated heterocycles. The summed E-state index contributed by atoms with van der Waals surface area (Å²) >= 11 is 9.31. The topological polar surface area (TPSA) is 84.9 Å². The van der Waals surface area contributed by atoms with E-state index in [-0.39, 0.29) is 29.8 Å². The Bertz CT molecular complexity index is 802. The van der Waals surface area contributed by atoms with E-state index in [1.165, 1.54) is 17.5 Å². The zero-order chi connectivity index (χ0) is 20.4. The van der Waals surface area contributed by atoms with Crippen LogP contribution in [0.15, 0.2) is 21.5 Å². The van der Waals surface area contributed by atoms with Crippen LogP contribution in [0.2, 0.25) is 5.02 Å². The fourth-order valence-electron chi connectivity index (χ4n) is 2.78. The molecule has 0 unspecified atom stereocenters. The van der Waals surface area contributed by atoms with E-state index < -0.39 is 21.7 Å². The minimum atomic E-state index is -3.78. The van der Waals surface area contributed by atoms with E-state index >= 15 is 0 Å². The van der Waals surface area contributed by atoms with E-state index in [2.05, 4.69) is 21.2 Å². The third-order valence-electron chi connectivity index (χ3n) is 3.97. The van der Waals surface area contributed by atoms with Crippen molar-refractivity contribution in [2.75, 3.05) is 20.2 Å². The van der Waals surface area contributed by atoms with Crippen LogP contribution in [-0.2, 0) is 14.8 Å². The Morgan fingerprint density at radius 3 is 2.41 bits per heavy atom. The van der Waals surface area contributed by atoms with E-state index in [4.69, 9.17) is 21.1 Å². The van der Waals surface area contributed by atoms with Gasteiger partial charge in [-0.05, 0) is 61.7 Å². The first kappa shape index (κ1) is 22.3. The number of alkyl carbamates (subject to hydrolysis) is 1. The molecule has 1 heterocycles. The van der Waals surface area contributed by atoms with Crippen LogP contribution in [0.4, 0.5) is 4.79 Å². The Balaban J connectivity index is 2.08. The number of amides is 1. The van der Waals surface area contributed by atoms with Crippen molar-refractivity contribution in [1.29, 1.82) is 0 Å². The second-order valence-electron chi connectivity index (χ2n) is 7.24. The molecule has 1 aromatic rings. The maximum absolute atomic E-state index is 13.0. The molecular weight excluding hydrogens is 460 g/mol. The number of piperidine rings is 1. The monoisotopic (exact) mass is 482 g/mol. The van der Waals surface area contributed by atoms with Crippen LogP contribution < -0.4 is 10.1 Å². The highest BCUT2D eigenvalue weighted by atomic mass is 79.9. The number of ether oxygens (including phenoxy) is 2. The molecule has 1 amide bonds. The van der Waals surface area contributed by atoms with E-state index in [0.717, 1.165) is 0 Å². The zero-order valence-electron chi connectivity index (χ0n) is 15.7. The van der Waals surface area contributed by atoms with Crippen molar-refractivity contribution >= 4 is 43.6 Å². The summed E-state index contributed by atoms with van der Waals surface area (Å²) in [6, 6.07) is 2.82. The Labute approximate surface area is 173 Å². The van der Waals surface area contributed by atoms with Crippen LogP contribution in [0.3, 0.4) is 0 Å². The molecule has 1 aromatic carbocycles. The predicted molar refractivity (Wildman–Crippen MR) is 107 cm³/mol. The number of nitrogens with one attached hydrogen (secondary N) is 1. The molecule has 7 nitrogen and oxygen atoms in total. The summed E-state index contributed by atoms with van der Waals surface area (Å²) in [6.45, 7) is 5.92. The van der Waals surface area contributed by atoms with Crippen LogP contribution in [0.5, 0.6) is 5.75 Å². The molecule has 0 spiro atoms. The average Bonchev–Trinajstić information content (AvgIpc) is 2.52. The van der Waals surface area contributed by atoms with E-state index in [1.54, 1.807) is 26.8 Å². The molecule has 10 heteroatoms. The smallest absolute Gasteiger partial charge is 0.407 e. The van der Waals surface area contributed by atoms with Gasteiger partial charge < -0.3 is 14.8 Å². The molecule has 0 radical (unpaired) electrons. The molecule has 1 fully saturated rings. The highest BCUT2D eigenvalue weighted by Gasteiger charge is 2.33. The number of nitrogens with zero attached hydrogens (tertiary/aromatic N) is 1. The van der Waals surface area contributed by atoms with Crippen molar-refractivity contribution in [3.63, 3.8) is 0 Å². The first-order valence-electron chi connectivity index (χ1n) is 8.47. The van der Waals surface area contributed by atoms with Gasteiger partial charge in [0.1, 0.15) is 10.5 Å². The fourth-order valence-corrected chi connectivity index (χ4v) is 5.62. The molecular formula is C17H24BrClN2O5S. The Morgan fingerprint density at radius 1 is 1.30 bits per heavy atom. The standard InChI is InChI=1S/C17H24BrClN2O5S/c1-17(2,3)26-16(22)20-12-5-7-21(8-6-12)27(23,24)14-10-11(19)9-13(18)15(14)25-4/h9-10,12H,5-8H2,1-4H3,(H,20,22). The second-order valence-corrected chi connectivity index (χ2v) is 10.4. The van der Waals surface area contributed by atoms with Gasteiger partial charge >= 0.3 is 6.09 Å². The first-order valence-corrected chi connectivity index (χ1v) is 11.1. The van der Waals surface area contributed by atoms with Gasteiger partial charge in [0.2, 0.25) is 10.0 Å². The van der Waals surface area contributed by atoms with E-state index in [0.29, 0.717) is 22.3 Å². The SMILES string of the molecule is COc1c(Br)cc(Cl)cc1S(=O)(=O)N1CCC(NC(=O)OC(C)(C)C)CC1. The third-order valence-corrected chi connectivity index (χ3v) is 6.68. The molecule has 0 saturated carbocycles. The summed E-state index contributed by atoms with van der Waals surface area (Å²) in [4.78, 5) is 11.9. The highest BCUT2D eigenvalue weighted by Crippen LogP contribution is 2.37. The largest absolute Gasteiger partial charge is 0.494 e. The van der Waals surface area contributed by atoms with Gasteiger partial charge in [-0.25, -0.2) is 13.2 Å². The highest BCUT2D eigenvalue weighted by molar-refractivity contribution is 9.10. The van der Waals surface area contributed by atoms with E-state index in [9.17, 15) is 13.2 Å². The Hall–Kier alpha value is -1.03. The van der Waals surface area contributed by atoms with E-state index in [1.807, 2.05) is 0 Å². The number of carbonyl (C=O) groups is 1. The number of hydrogen-bond donors (Lipinski definition) is 1. The van der Waals surface area contributed by atoms with Gasteiger partial charge in [-0.3, -0.25) is 0 Å². The number of sulfonamides is 1. The summed E-state index contributed by atoms with van der Waals surface area (Å²) in [5.41, 5.74) is -0.579. The lowest BCUT2D eigenvalue weighted by molar-refractivity contribution is 0.0489. The van der Waals surface area contributed by atoms with Gasteiger partial charge in [0.15, 0.2) is 5.75 Å². The van der Waals surface area contributed by atoms with Gasteiger partial charge in [0.05, 0.1) is 11.6 Å². The van der Waals surface area contributed by atoms with Gasteiger partial charge in [-0.2, -0.15) is 4.31 Å². The summed E-state index contributed by atoms with van der Waals surface area (Å²) in [7, 11) is -2.37. The molecule has 1 aliphatic heterocycles. The maximum Gasteiger partial charge on any atom is 0.407 e. The predicted octanol–water partition coefficient (Wildman–Crippen LogP) is 3.79. The summed E-state index contributed by atoms with van der Waals surface area (Å²) in [5, 5.41) is 3.09. The van der Waals surface area contributed by atoms with Crippen LogP contribution in [-0.4, -0.2) is 50.7 Å². The lowest BCUT2D eigenvalue weighted by Gasteiger charge is -2.32. The maximum atomic E-state index is 13.0. The normalized spacial score (nSPS) is 16.8. The molecule has 0 atom stereocenters. The fraction of sp³-hybridized carbons (Fsp3) is 0.588. The Kier molecular flexibility index (Phi) is 7.05. The van der Waals surface area contributed by atoms with Crippen LogP contribution in [0, 0.1) is 0 Å². The van der Waals surface area contributed by atoms with Crippen molar-refractivity contribution in [2.45, 2.75) is 50.2 Å². The molecule has 1 aliphatic rings. The number of hydrogen-bond acceptors (Lipinski definition) is 5. The number of methoxy groups -OCH3 is 1. The number of benzene rings is 1. The minimum Gasteiger partial charge on any atom is -0.494 e. The van der Waals surface area contributed by atoms with Crippen molar-refractivity contribution in [2.24, 2.45) is 0 Å². The van der Waals surface area contributed by atoms with Crippen LogP contribution in [0.25, 0.3) is 0 Å². The van der Waals surface area contributed by atoms with Crippen LogP contribution in [0.1, 0.15) is 33.6 Å². The molecule has 152 valence electrons. The van der Waals surface area contributed by atoms with Crippen molar-refractivity contribution in [3.8, 4) is 5.75 Å². The van der Waals surface area contributed by atoms with Gasteiger partial charge in [0, 0.05) is 24.2 Å². The molecule has 27 heavy (non-hydrogen) atoms. The van der Waals surface area contributed by atoms with Crippen LogP contribution >= 0.6 is 27.5 Å². The summed E-state index contributed by atoms with van der Waals surface area (Å²) in [6.07, 6.45) is 0.481. The summed E-state index contributed by atoms with van der Waals surface area (Å²) < 4.78 is 38.4. The summed E-state index contributed by atoms with van der Waals surface area (Å²) in [5.74, 6) is 0.216. The zero-order valence-corrected chi connectivity index (χ0v) is 18.9. The van der Waals surface area contributed by atoms with Gasteiger partial charge in [-0.1, -0.05) is 11.6 Å². The van der Waals surface area contributed by atoms with Crippen molar-refractivity contribution in [1.82, 2.24) is 9.62 Å². The lowest BCUT2D eigenvalue weighted by atomic mass is 10.1. The molecule has 0 bridgehead atoms. The molecule has 0 aromatic heterocycles. The quantitative estimate of drug-likeness (QED) is 0.704. The van der Waals surface area contributed by atoms with Gasteiger partial charge in [0.25, 0.3) is 0 Å². The number of carbonyl (C=O) groups excluding carboxylic acids is 1. The third kappa shape index (κ3) is 5.73.